The number of carbonyl (C=O) groups excluding carboxylic acids is 2. The highest BCUT2D eigenvalue weighted by Gasteiger charge is 2.42. The Kier molecular flexibility index (Phi) is 6.12. The van der Waals surface area contributed by atoms with Crippen LogP contribution in [0.4, 0.5) is 4.79 Å². The lowest BCUT2D eigenvalue weighted by Crippen LogP contribution is -2.51. The number of nitrogens with zero attached hydrogens (tertiary/aromatic N) is 2. The number of esters is 1. The molecule has 1 aromatic rings. The van der Waals surface area contributed by atoms with Gasteiger partial charge in [0.15, 0.2) is 0 Å². The molecular weight excluding hydrogens is 332 g/mol. The second kappa shape index (κ2) is 8.29. The van der Waals surface area contributed by atoms with Crippen LogP contribution in [0.2, 0.25) is 0 Å². The van der Waals surface area contributed by atoms with E-state index in [1.807, 2.05) is 0 Å². The van der Waals surface area contributed by atoms with E-state index in [0.717, 1.165) is 0 Å². The van der Waals surface area contributed by atoms with Crippen LogP contribution in [0.25, 0.3) is 0 Å². The van der Waals surface area contributed by atoms with Crippen molar-refractivity contribution in [3.63, 3.8) is 0 Å². The van der Waals surface area contributed by atoms with Gasteiger partial charge in [0.25, 0.3) is 0 Å². The van der Waals surface area contributed by atoms with Crippen molar-refractivity contribution < 1.29 is 28.5 Å². The average molecular weight is 352 g/mol. The molecule has 2 heterocycles. The number of hydrogen-bond acceptors (Lipinski definition) is 8. The van der Waals surface area contributed by atoms with Gasteiger partial charge in [-0.15, -0.1) is 0 Å². The zero-order chi connectivity index (χ0) is 18.4. The number of rotatable bonds is 7. The molecule has 0 aliphatic carbocycles. The first-order valence-corrected chi connectivity index (χ1v) is 7.38. The van der Waals surface area contributed by atoms with Gasteiger partial charge in [-0.1, -0.05) is 6.58 Å². The maximum Gasteiger partial charge on any atom is 0.319 e. The lowest BCUT2D eigenvalue weighted by molar-refractivity contribution is -0.149. The lowest BCUT2D eigenvalue weighted by Gasteiger charge is -2.33. The number of nitrogens with one attached hydrogen (secondary N) is 2. The first kappa shape index (κ1) is 18.5. The Bertz CT molecular complexity index is 643. The highest BCUT2D eigenvalue weighted by molar-refractivity contribution is 5.85. The van der Waals surface area contributed by atoms with E-state index in [2.05, 4.69) is 27.2 Å². The van der Waals surface area contributed by atoms with Crippen molar-refractivity contribution in [2.45, 2.75) is 6.04 Å². The number of ether oxygens (including phenoxy) is 4. The summed E-state index contributed by atoms with van der Waals surface area (Å²) in [4.78, 5) is 32.5. The van der Waals surface area contributed by atoms with Gasteiger partial charge in [-0.3, -0.25) is 4.79 Å². The normalized spacial score (nSPS) is 19.6. The van der Waals surface area contributed by atoms with Crippen molar-refractivity contribution in [2.24, 2.45) is 5.92 Å². The van der Waals surface area contributed by atoms with E-state index in [-0.39, 0.29) is 30.7 Å². The van der Waals surface area contributed by atoms with E-state index >= 15 is 0 Å². The van der Waals surface area contributed by atoms with Crippen molar-refractivity contribution in [3.05, 3.63) is 24.2 Å². The fourth-order valence-corrected chi connectivity index (χ4v) is 2.47. The molecule has 136 valence electrons. The van der Waals surface area contributed by atoms with E-state index < -0.39 is 24.0 Å². The maximum atomic E-state index is 12.5. The highest BCUT2D eigenvalue weighted by Crippen LogP contribution is 2.38. The first-order chi connectivity index (χ1) is 12.0. The number of hydrogen-bond donors (Lipinski definition) is 2. The summed E-state index contributed by atoms with van der Waals surface area (Å²) >= 11 is 0. The maximum absolute atomic E-state index is 12.5. The van der Waals surface area contributed by atoms with Crippen LogP contribution in [0.15, 0.2) is 18.6 Å². The van der Waals surface area contributed by atoms with Crippen LogP contribution < -0.4 is 20.1 Å². The van der Waals surface area contributed by atoms with Gasteiger partial charge in [-0.2, -0.15) is 0 Å². The minimum Gasteiger partial charge on any atom is -0.481 e. The summed E-state index contributed by atoms with van der Waals surface area (Å²) in [5.74, 6) is -1.18. The minimum atomic E-state index is -0.927. The van der Waals surface area contributed by atoms with Crippen molar-refractivity contribution in [2.75, 3.05) is 34.5 Å². The molecule has 1 saturated heterocycles. The van der Waals surface area contributed by atoms with E-state index in [4.69, 9.17) is 18.9 Å². The monoisotopic (exact) mass is 352 g/mol. The predicted molar refractivity (Wildman–Crippen MR) is 85.0 cm³/mol. The number of urea groups is 1. The molecule has 10 nitrogen and oxygen atoms in total. The molecule has 2 N–H and O–H groups in total. The SMILES string of the molecule is C=C1NC(=O)N[C@@H](c2c(OC)ncnc2OC)[C@@H]1C(=O)OCCOC. The molecule has 1 aliphatic heterocycles. The van der Waals surface area contributed by atoms with E-state index in [0.29, 0.717) is 5.56 Å². The van der Waals surface area contributed by atoms with Crippen LogP contribution in [0.3, 0.4) is 0 Å². The molecule has 2 rings (SSSR count). The standard InChI is InChI=1S/C15H20N4O6/c1-8-9(14(20)25-6-5-22-2)11(19-15(21)18-8)10-12(23-3)16-7-17-13(10)24-4/h7,9,11H,1,5-6H2,2-4H3,(H2,18,19,21)/t9-,11-/m1/s1. The second-order valence-electron chi connectivity index (χ2n) is 5.05. The summed E-state index contributed by atoms with van der Waals surface area (Å²) in [5, 5.41) is 5.13. The van der Waals surface area contributed by atoms with Gasteiger partial charge in [0.1, 0.15) is 18.9 Å². The van der Waals surface area contributed by atoms with Crippen LogP contribution in [0.5, 0.6) is 11.8 Å². The van der Waals surface area contributed by atoms with Crippen molar-refractivity contribution >= 4 is 12.0 Å². The Labute approximate surface area is 144 Å². The van der Waals surface area contributed by atoms with Gasteiger partial charge in [0.2, 0.25) is 11.8 Å². The summed E-state index contributed by atoms with van der Waals surface area (Å²) in [7, 11) is 4.32. The fourth-order valence-electron chi connectivity index (χ4n) is 2.47. The molecule has 1 aromatic heterocycles. The van der Waals surface area contributed by atoms with Gasteiger partial charge in [-0.25, -0.2) is 14.8 Å². The first-order valence-electron chi connectivity index (χ1n) is 7.38. The van der Waals surface area contributed by atoms with Gasteiger partial charge >= 0.3 is 12.0 Å². The number of methoxy groups -OCH3 is 3. The quantitative estimate of drug-likeness (QED) is 0.526. The number of aromatic nitrogens is 2. The molecular formula is C15H20N4O6. The zero-order valence-corrected chi connectivity index (χ0v) is 14.2. The Morgan fingerprint density at radius 1 is 1.20 bits per heavy atom. The van der Waals surface area contributed by atoms with Crippen LogP contribution in [-0.2, 0) is 14.3 Å². The van der Waals surface area contributed by atoms with E-state index in [1.165, 1.54) is 27.7 Å². The number of carbonyl (C=O) groups is 2. The van der Waals surface area contributed by atoms with Crippen molar-refractivity contribution in [1.29, 1.82) is 0 Å². The molecule has 0 spiro atoms. The Morgan fingerprint density at radius 3 is 2.40 bits per heavy atom. The van der Waals surface area contributed by atoms with E-state index in [9.17, 15) is 9.59 Å². The summed E-state index contributed by atoms with van der Waals surface area (Å²) in [6.07, 6.45) is 1.25. The van der Waals surface area contributed by atoms with E-state index in [1.54, 1.807) is 0 Å². The zero-order valence-electron chi connectivity index (χ0n) is 14.2. The Balaban J connectivity index is 2.42. The van der Waals surface area contributed by atoms with Crippen LogP contribution in [-0.4, -0.2) is 56.5 Å². The molecule has 0 aromatic carbocycles. The van der Waals surface area contributed by atoms with Crippen molar-refractivity contribution in [1.82, 2.24) is 20.6 Å². The van der Waals surface area contributed by atoms with Crippen molar-refractivity contribution in [3.8, 4) is 11.8 Å². The third-order valence-electron chi connectivity index (χ3n) is 3.56. The molecule has 1 fully saturated rings. The molecule has 0 saturated carbocycles. The smallest absolute Gasteiger partial charge is 0.319 e. The molecule has 0 radical (unpaired) electrons. The Morgan fingerprint density at radius 2 is 1.84 bits per heavy atom. The van der Waals surface area contributed by atoms with Crippen LogP contribution >= 0.6 is 0 Å². The van der Waals surface area contributed by atoms with Gasteiger partial charge in [-0.05, 0) is 0 Å². The summed E-state index contributed by atoms with van der Waals surface area (Å²) in [6, 6.07) is -1.40. The van der Waals surface area contributed by atoms with Gasteiger partial charge < -0.3 is 29.6 Å². The summed E-state index contributed by atoms with van der Waals surface area (Å²) in [6.45, 7) is 4.07. The summed E-state index contributed by atoms with van der Waals surface area (Å²) < 4.78 is 20.5. The van der Waals surface area contributed by atoms with Crippen LogP contribution in [0, 0.1) is 5.92 Å². The molecule has 0 bridgehead atoms. The second-order valence-corrected chi connectivity index (χ2v) is 5.05. The predicted octanol–water partition coefficient (Wildman–Crippen LogP) is 0.167. The third kappa shape index (κ3) is 3.97. The molecule has 2 amide bonds. The largest absolute Gasteiger partial charge is 0.481 e. The summed E-state index contributed by atoms with van der Waals surface area (Å²) in [5.41, 5.74) is 0.501. The van der Waals surface area contributed by atoms with Crippen LogP contribution in [0.1, 0.15) is 11.6 Å². The number of amides is 2. The third-order valence-corrected chi connectivity index (χ3v) is 3.56. The molecule has 0 unspecified atom stereocenters. The topological polar surface area (TPSA) is 121 Å². The molecule has 2 atom stereocenters. The van der Waals surface area contributed by atoms with Gasteiger partial charge in [0.05, 0.1) is 32.4 Å². The molecule has 10 heteroatoms. The average Bonchev–Trinajstić information content (AvgIpc) is 2.60. The molecule has 25 heavy (non-hydrogen) atoms. The van der Waals surface area contributed by atoms with Gasteiger partial charge in [0, 0.05) is 12.8 Å². The fraction of sp³-hybridized carbons (Fsp3) is 0.467. The Hall–Kier alpha value is -2.88. The molecule has 1 aliphatic rings. The minimum absolute atomic E-state index is 0.0688. The lowest BCUT2D eigenvalue weighted by atomic mass is 9.89. The highest BCUT2D eigenvalue weighted by atomic mass is 16.6.